The summed E-state index contributed by atoms with van der Waals surface area (Å²) in [6, 6.07) is 8.16. The Hall–Kier alpha value is -1.57. The average Bonchev–Trinajstić information content (AvgIpc) is 3.24. The lowest BCUT2D eigenvalue weighted by atomic mass is 10.2. The Balaban J connectivity index is 1.82. The number of amides is 1. The topological polar surface area (TPSA) is 75.3 Å². The standard InChI is InChI=1S/C15H15ClN2O3S2/c1-9-2-5-11(17-15(19)10-3-4-10)8-12(9)18-23(20,21)14-7-6-13(16)22-14/h2,5-8,10,18H,3-4H2,1H3,(H,17,19). The van der Waals surface area contributed by atoms with Crippen LogP contribution in [-0.2, 0) is 14.8 Å². The number of anilines is 2. The zero-order valence-corrected chi connectivity index (χ0v) is 14.7. The second kappa shape index (κ2) is 6.14. The molecular formula is C15H15ClN2O3S2. The lowest BCUT2D eigenvalue weighted by Crippen LogP contribution is -2.15. The molecule has 1 heterocycles. The Morgan fingerprint density at radius 2 is 2.00 bits per heavy atom. The van der Waals surface area contributed by atoms with Crippen molar-refractivity contribution in [3.63, 3.8) is 0 Å². The van der Waals surface area contributed by atoms with Gasteiger partial charge in [-0.2, -0.15) is 0 Å². The lowest BCUT2D eigenvalue weighted by molar-refractivity contribution is -0.117. The number of benzene rings is 1. The van der Waals surface area contributed by atoms with Crippen molar-refractivity contribution in [3.05, 3.63) is 40.2 Å². The molecule has 2 aromatic rings. The van der Waals surface area contributed by atoms with Crippen molar-refractivity contribution >= 4 is 50.2 Å². The molecule has 1 saturated carbocycles. The molecule has 0 unspecified atom stereocenters. The van der Waals surface area contributed by atoms with E-state index in [1.54, 1.807) is 31.2 Å². The van der Waals surface area contributed by atoms with Crippen LogP contribution in [0.3, 0.4) is 0 Å². The second-order valence-electron chi connectivity index (χ2n) is 5.46. The molecule has 0 atom stereocenters. The first kappa shape index (κ1) is 16.3. The minimum absolute atomic E-state index is 0.0206. The Bertz CT molecular complexity index is 857. The molecule has 122 valence electrons. The van der Waals surface area contributed by atoms with Gasteiger partial charge in [-0.25, -0.2) is 8.42 Å². The number of carbonyl (C=O) groups excluding carboxylic acids is 1. The number of thiophene rings is 1. The fraction of sp³-hybridized carbons (Fsp3) is 0.267. The maximum Gasteiger partial charge on any atom is 0.271 e. The Labute approximate surface area is 143 Å². The number of carbonyl (C=O) groups is 1. The van der Waals surface area contributed by atoms with Crippen LogP contribution in [0.25, 0.3) is 0 Å². The number of hydrogen-bond acceptors (Lipinski definition) is 4. The van der Waals surface area contributed by atoms with Gasteiger partial charge in [0.05, 0.1) is 10.0 Å². The van der Waals surface area contributed by atoms with Crippen molar-refractivity contribution in [2.45, 2.75) is 24.0 Å². The van der Waals surface area contributed by atoms with Crippen LogP contribution in [0.5, 0.6) is 0 Å². The van der Waals surface area contributed by atoms with E-state index in [1.807, 2.05) is 0 Å². The third-order valence-electron chi connectivity index (χ3n) is 3.51. The zero-order chi connectivity index (χ0) is 16.6. The minimum atomic E-state index is -3.69. The third kappa shape index (κ3) is 3.85. The highest BCUT2D eigenvalue weighted by Gasteiger charge is 2.29. The molecule has 1 aromatic heterocycles. The summed E-state index contributed by atoms with van der Waals surface area (Å²) in [6.07, 6.45) is 1.83. The number of hydrogen-bond donors (Lipinski definition) is 2. The van der Waals surface area contributed by atoms with E-state index in [1.165, 1.54) is 6.07 Å². The van der Waals surface area contributed by atoms with E-state index >= 15 is 0 Å². The fourth-order valence-corrected chi connectivity index (χ4v) is 4.64. The van der Waals surface area contributed by atoms with Gasteiger partial charge in [0.2, 0.25) is 5.91 Å². The predicted molar refractivity (Wildman–Crippen MR) is 92.7 cm³/mol. The molecule has 1 amide bonds. The highest BCUT2D eigenvalue weighted by Crippen LogP contribution is 2.32. The molecule has 8 heteroatoms. The molecule has 0 aliphatic heterocycles. The van der Waals surface area contributed by atoms with Crippen molar-refractivity contribution in [3.8, 4) is 0 Å². The van der Waals surface area contributed by atoms with Crippen LogP contribution in [0.1, 0.15) is 18.4 Å². The van der Waals surface area contributed by atoms with E-state index in [2.05, 4.69) is 10.0 Å². The van der Waals surface area contributed by atoms with Crippen molar-refractivity contribution < 1.29 is 13.2 Å². The average molecular weight is 371 g/mol. The van der Waals surface area contributed by atoms with Gasteiger partial charge in [0.15, 0.2) is 0 Å². The van der Waals surface area contributed by atoms with Crippen molar-refractivity contribution in [1.82, 2.24) is 0 Å². The van der Waals surface area contributed by atoms with Crippen LogP contribution in [0, 0.1) is 12.8 Å². The quantitative estimate of drug-likeness (QED) is 0.839. The number of nitrogens with one attached hydrogen (secondary N) is 2. The lowest BCUT2D eigenvalue weighted by Gasteiger charge is -2.12. The summed E-state index contributed by atoms with van der Waals surface area (Å²) < 4.78 is 27.8. The van der Waals surface area contributed by atoms with Gasteiger partial charge in [-0.1, -0.05) is 17.7 Å². The van der Waals surface area contributed by atoms with Crippen LogP contribution in [0.2, 0.25) is 4.34 Å². The van der Waals surface area contributed by atoms with Crippen molar-refractivity contribution in [2.24, 2.45) is 5.92 Å². The van der Waals surface area contributed by atoms with Crippen LogP contribution in [0.15, 0.2) is 34.5 Å². The van der Waals surface area contributed by atoms with Gasteiger partial charge in [0.25, 0.3) is 10.0 Å². The molecule has 2 N–H and O–H groups in total. The first-order valence-corrected chi connectivity index (χ1v) is 9.72. The highest BCUT2D eigenvalue weighted by molar-refractivity contribution is 7.94. The van der Waals surface area contributed by atoms with E-state index in [0.29, 0.717) is 15.7 Å². The van der Waals surface area contributed by atoms with E-state index in [-0.39, 0.29) is 16.0 Å². The van der Waals surface area contributed by atoms with Gasteiger partial charge < -0.3 is 5.32 Å². The molecular weight excluding hydrogens is 356 g/mol. The molecule has 1 fully saturated rings. The maximum atomic E-state index is 12.4. The van der Waals surface area contributed by atoms with Gasteiger partial charge in [-0.05, 0) is 49.6 Å². The SMILES string of the molecule is Cc1ccc(NC(=O)C2CC2)cc1NS(=O)(=O)c1ccc(Cl)s1. The highest BCUT2D eigenvalue weighted by atomic mass is 35.5. The molecule has 1 aliphatic carbocycles. The molecule has 0 spiro atoms. The summed E-state index contributed by atoms with van der Waals surface area (Å²) in [5, 5.41) is 2.81. The van der Waals surface area contributed by atoms with E-state index in [4.69, 9.17) is 11.6 Å². The van der Waals surface area contributed by atoms with Crippen LogP contribution < -0.4 is 10.0 Å². The smallest absolute Gasteiger partial charge is 0.271 e. The Morgan fingerprint density at radius 1 is 1.26 bits per heavy atom. The van der Waals surface area contributed by atoms with Gasteiger partial charge in [-0.3, -0.25) is 9.52 Å². The fourth-order valence-electron chi connectivity index (χ4n) is 2.04. The van der Waals surface area contributed by atoms with Gasteiger partial charge in [-0.15, -0.1) is 11.3 Å². The Kier molecular flexibility index (Phi) is 4.35. The largest absolute Gasteiger partial charge is 0.326 e. The van der Waals surface area contributed by atoms with Crippen LogP contribution in [0.4, 0.5) is 11.4 Å². The summed E-state index contributed by atoms with van der Waals surface area (Å²) in [6.45, 7) is 1.80. The van der Waals surface area contributed by atoms with Crippen LogP contribution >= 0.6 is 22.9 Å². The molecule has 0 saturated heterocycles. The van der Waals surface area contributed by atoms with Gasteiger partial charge in [0, 0.05) is 11.6 Å². The normalized spacial score (nSPS) is 14.5. The molecule has 1 aromatic carbocycles. The number of sulfonamides is 1. The van der Waals surface area contributed by atoms with Crippen molar-refractivity contribution in [1.29, 1.82) is 0 Å². The summed E-state index contributed by atoms with van der Waals surface area (Å²) in [5.74, 6) is 0.0670. The van der Waals surface area contributed by atoms with Gasteiger partial charge >= 0.3 is 0 Å². The third-order valence-corrected chi connectivity index (χ3v) is 6.60. The first-order chi connectivity index (χ1) is 10.8. The summed E-state index contributed by atoms with van der Waals surface area (Å²) in [5.41, 5.74) is 1.78. The number of rotatable bonds is 5. The second-order valence-corrected chi connectivity index (χ2v) is 9.08. The maximum absolute atomic E-state index is 12.4. The number of halogens is 1. The van der Waals surface area contributed by atoms with Crippen molar-refractivity contribution in [2.75, 3.05) is 10.0 Å². The first-order valence-electron chi connectivity index (χ1n) is 7.05. The number of aryl methyl sites for hydroxylation is 1. The Morgan fingerprint density at radius 3 is 2.61 bits per heavy atom. The van der Waals surface area contributed by atoms with Crippen LogP contribution in [-0.4, -0.2) is 14.3 Å². The summed E-state index contributed by atoms with van der Waals surface area (Å²) >= 11 is 6.79. The van der Waals surface area contributed by atoms with E-state index in [0.717, 1.165) is 29.7 Å². The molecule has 0 radical (unpaired) electrons. The van der Waals surface area contributed by atoms with Gasteiger partial charge in [0.1, 0.15) is 4.21 Å². The summed E-state index contributed by atoms with van der Waals surface area (Å²) in [4.78, 5) is 11.8. The molecule has 0 bridgehead atoms. The van der Waals surface area contributed by atoms with E-state index in [9.17, 15) is 13.2 Å². The monoisotopic (exact) mass is 370 g/mol. The predicted octanol–water partition coefficient (Wildman–Crippen LogP) is 3.86. The van der Waals surface area contributed by atoms with E-state index < -0.39 is 10.0 Å². The zero-order valence-electron chi connectivity index (χ0n) is 12.3. The summed E-state index contributed by atoms with van der Waals surface area (Å²) in [7, 11) is -3.69. The molecule has 3 rings (SSSR count). The molecule has 1 aliphatic rings. The minimum Gasteiger partial charge on any atom is -0.326 e. The molecule has 5 nitrogen and oxygen atoms in total. The molecule has 23 heavy (non-hydrogen) atoms.